The number of ketones is 1. The third kappa shape index (κ3) is 7.51. The average Bonchev–Trinajstić information content (AvgIpc) is 2.33. The predicted octanol–water partition coefficient (Wildman–Crippen LogP) is 4.32. The molecule has 0 fully saturated rings. The van der Waals surface area contributed by atoms with Gasteiger partial charge in [-0.3, -0.25) is 4.79 Å². The van der Waals surface area contributed by atoms with Crippen LogP contribution >= 0.6 is 0 Å². The number of unbranched alkanes of at least 4 members (excludes halogenated alkanes) is 4. The maximum Gasteiger partial charge on any atom is 0.152 e. The molecule has 0 bridgehead atoms. The molecule has 0 unspecified atom stereocenters. The molecule has 1 aromatic rings. The first-order valence-corrected chi connectivity index (χ1v) is 6.50. The van der Waals surface area contributed by atoms with Crippen molar-refractivity contribution in [1.29, 1.82) is 0 Å². The normalized spacial score (nSPS) is 10.9. The van der Waals surface area contributed by atoms with Crippen molar-refractivity contribution in [2.24, 2.45) is 0 Å². The maximum atomic E-state index is 10.6. The molecule has 1 aromatic carbocycles. The van der Waals surface area contributed by atoms with Crippen LogP contribution in [-0.2, 0) is 11.2 Å². The van der Waals surface area contributed by atoms with E-state index in [1.807, 2.05) is 6.08 Å². The Labute approximate surface area is 105 Å². The first-order valence-electron chi connectivity index (χ1n) is 6.50. The zero-order valence-corrected chi connectivity index (χ0v) is 10.7. The van der Waals surface area contributed by atoms with Gasteiger partial charge in [0.1, 0.15) is 0 Å². The van der Waals surface area contributed by atoms with Crippen molar-refractivity contribution in [3.63, 3.8) is 0 Å². The summed E-state index contributed by atoms with van der Waals surface area (Å²) in [5.74, 6) is 0.147. The largest absolute Gasteiger partial charge is 0.295 e. The topological polar surface area (TPSA) is 17.1 Å². The number of carbonyl (C=O) groups excluding carboxylic acids is 1. The summed E-state index contributed by atoms with van der Waals surface area (Å²) in [5.41, 5.74) is 1.43. The van der Waals surface area contributed by atoms with Crippen LogP contribution in [0.4, 0.5) is 0 Å². The Morgan fingerprint density at radius 3 is 2.47 bits per heavy atom. The van der Waals surface area contributed by atoms with E-state index >= 15 is 0 Å². The number of aryl methyl sites for hydroxylation is 1. The summed E-state index contributed by atoms with van der Waals surface area (Å²) in [6.07, 6.45) is 10.9. The molecule has 0 saturated carbocycles. The second-order valence-electron chi connectivity index (χ2n) is 4.45. The van der Waals surface area contributed by atoms with Crippen LogP contribution in [0.1, 0.15) is 44.6 Å². The van der Waals surface area contributed by atoms with E-state index in [0.29, 0.717) is 0 Å². The van der Waals surface area contributed by atoms with Crippen molar-refractivity contribution < 1.29 is 4.79 Å². The molecule has 0 heterocycles. The van der Waals surface area contributed by atoms with Gasteiger partial charge in [-0.15, -0.1) is 0 Å². The quantitative estimate of drug-likeness (QED) is 0.480. The summed E-state index contributed by atoms with van der Waals surface area (Å²) in [6, 6.07) is 10.6. The highest BCUT2D eigenvalue weighted by molar-refractivity contribution is 5.87. The summed E-state index contributed by atoms with van der Waals surface area (Å²) in [6.45, 7) is 1.59. The van der Waals surface area contributed by atoms with Crippen molar-refractivity contribution in [3.8, 4) is 0 Å². The van der Waals surface area contributed by atoms with Crippen LogP contribution in [0.2, 0.25) is 0 Å². The number of hydrogen-bond donors (Lipinski definition) is 0. The van der Waals surface area contributed by atoms with Crippen LogP contribution in [0, 0.1) is 0 Å². The van der Waals surface area contributed by atoms with Gasteiger partial charge in [-0.05, 0) is 44.2 Å². The minimum Gasteiger partial charge on any atom is -0.295 e. The summed E-state index contributed by atoms with van der Waals surface area (Å²) in [5, 5.41) is 0. The van der Waals surface area contributed by atoms with Gasteiger partial charge in [0.2, 0.25) is 0 Å². The Morgan fingerprint density at radius 1 is 1.06 bits per heavy atom. The van der Waals surface area contributed by atoms with Gasteiger partial charge in [-0.25, -0.2) is 0 Å². The van der Waals surface area contributed by atoms with E-state index in [9.17, 15) is 4.79 Å². The summed E-state index contributed by atoms with van der Waals surface area (Å²) < 4.78 is 0. The van der Waals surface area contributed by atoms with Gasteiger partial charge in [-0.1, -0.05) is 49.2 Å². The van der Waals surface area contributed by atoms with Gasteiger partial charge in [0, 0.05) is 0 Å². The minimum atomic E-state index is 0.147. The predicted molar refractivity (Wildman–Crippen MR) is 73.1 cm³/mol. The number of hydrogen-bond acceptors (Lipinski definition) is 1. The molecule has 0 radical (unpaired) electrons. The Kier molecular flexibility index (Phi) is 7.04. The lowest BCUT2D eigenvalue weighted by molar-refractivity contribution is -0.112. The Bertz CT molecular complexity index is 338. The number of allylic oxidation sites excluding steroid dienone is 2. The monoisotopic (exact) mass is 230 g/mol. The van der Waals surface area contributed by atoms with Crippen molar-refractivity contribution in [3.05, 3.63) is 48.0 Å². The maximum absolute atomic E-state index is 10.6. The fourth-order valence-corrected chi connectivity index (χ4v) is 1.84. The zero-order valence-electron chi connectivity index (χ0n) is 10.7. The molecule has 0 aliphatic rings. The third-order valence-electron chi connectivity index (χ3n) is 2.78. The summed E-state index contributed by atoms with van der Waals surface area (Å²) in [4.78, 5) is 10.6. The number of benzene rings is 1. The molecule has 1 rings (SSSR count). The highest BCUT2D eigenvalue weighted by Crippen LogP contribution is 2.08. The molecule has 0 aromatic heterocycles. The van der Waals surface area contributed by atoms with E-state index in [2.05, 4.69) is 30.3 Å². The Hall–Kier alpha value is -1.37. The molecule has 0 aliphatic carbocycles. The van der Waals surface area contributed by atoms with Crippen molar-refractivity contribution in [2.75, 3.05) is 0 Å². The molecule has 0 atom stereocenters. The van der Waals surface area contributed by atoms with Gasteiger partial charge in [0.05, 0.1) is 0 Å². The van der Waals surface area contributed by atoms with Gasteiger partial charge in [0.15, 0.2) is 5.78 Å². The first-order chi connectivity index (χ1) is 8.29. The van der Waals surface area contributed by atoms with Crippen LogP contribution in [0.15, 0.2) is 42.5 Å². The molecular formula is C16H22O. The molecule has 0 aliphatic heterocycles. The van der Waals surface area contributed by atoms with E-state index in [1.54, 1.807) is 13.0 Å². The molecule has 1 heteroatoms. The lowest BCUT2D eigenvalue weighted by Crippen LogP contribution is -1.85. The second-order valence-corrected chi connectivity index (χ2v) is 4.45. The van der Waals surface area contributed by atoms with Gasteiger partial charge in [0.25, 0.3) is 0 Å². The third-order valence-corrected chi connectivity index (χ3v) is 2.78. The highest BCUT2D eigenvalue weighted by atomic mass is 16.1. The molecule has 92 valence electrons. The summed E-state index contributed by atoms with van der Waals surface area (Å²) in [7, 11) is 0. The van der Waals surface area contributed by atoms with Gasteiger partial charge < -0.3 is 0 Å². The molecular weight excluding hydrogens is 208 g/mol. The number of rotatable bonds is 8. The molecule has 0 saturated heterocycles. The Morgan fingerprint density at radius 2 is 1.76 bits per heavy atom. The number of carbonyl (C=O) groups is 1. The van der Waals surface area contributed by atoms with Gasteiger partial charge >= 0.3 is 0 Å². The highest BCUT2D eigenvalue weighted by Gasteiger charge is 1.92. The van der Waals surface area contributed by atoms with E-state index < -0.39 is 0 Å². The van der Waals surface area contributed by atoms with Crippen LogP contribution in [0.3, 0.4) is 0 Å². The fourth-order valence-electron chi connectivity index (χ4n) is 1.84. The van der Waals surface area contributed by atoms with Crippen LogP contribution in [-0.4, -0.2) is 5.78 Å². The van der Waals surface area contributed by atoms with Gasteiger partial charge in [-0.2, -0.15) is 0 Å². The van der Waals surface area contributed by atoms with Crippen molar-refractivity contribution in [1.82, 2.24) is 0 Å². The average molecular weight is 230 g/mol. The standard InChI is InChI=1S/C16H22O/c1-15(17)11-7-4-2-3-5-8-12-16-13-9-6-10-14-16/h6-7,9-11,13-14H,2-5,8,12H2,1H3/b11-7+. The molecule has 17 heavy (non-hydrogen) atoms. The molecule has 1 nitrogen and oxygen atoms in total. The lowest BCUT2D eigenvalue weighted by atomic mass is 10.1. The van der Waals surface area contributed by atoms with E-state index in [1.165, 1.54) is 37.7 Å². The lowest BCUT2D eigenvalue weighted by Gasteiger charge is -2.00. The van der Waals surface area contributed by atoms with E-state index in [-0.39, 0.29) is 5.78 Å². The summed E-state index contributed by atoms with van der Waals surface area (Å²) >= 11 is 0. The first kappa shape index (κ1) is 13.7. The van der Waals surface area contributed by atoms with Crippen molar-refractivity contribution >= 4 is 5.78 Å². The zero-order chi connectivity index (χ0) is 12.3. The molecule has 0 N–H and O–H groups in total. The van der Waals surface area contributed by atoms with Crippen LogP contribution < -0.4 is 0 Å². The smallest absolute Gasteiger partial charge is 0.152 e. The van der Waals surface area contributed by atoms with E-state index in [4.69, 9.17) is 0 Å². The molecule has 0 amide bonds. The van der Waals surface area contributed by atoms with Crippen LogP contribution in [0.25, 0.3) is 0 Å². The minimum absolute atomic E-state index is 0.147. The second kappa shape index (κ2) is 8.74. The van der Waals surface area contributed by atoms with Crippen LogP contribution in [0.5, 0.6) is 0 Å². The SMILES string of the molecule is CC(=O)/C=C/CCCCCCc1ccccc1. The Balaban J connectivity index is 1.96. The van der Waals surface area contributed by atoms with E-state index in [0.717, 1.165) is 6.42 Å². The fraction of sp³-hybridized carbons (Fsp3) is 0.438. The molecule has 0 spiro atoms. The van der Waals surface area contributed by atoms with Crippen molar-refractivity contribution in [2.45, 2.75) is 45.4 Å².